The summed E-state index contributed by atoms with van der Waals surface area (Å²) in [4.78, 5) is 28.1. The van der Waals surface area contributed by atoms with Crippen LogP contribution in [0.25, 0.3) is 32.8 Å². The zero-order valence-corrected chi connectivity index (χ0v) is 27.9. The van der Waals surface area contributed by atoms with E-state index in [4.69, 9.17) is 51.2 Å². The molecule has 4 aromatic rings. The maximum Gasteiger partial charge on any atom is 0.167 e. The number of ether oxygens (including phenoxy) is 6. The van der Waals surface area contributed by atoms with Gasteiger partial charge in [-0.25, -0.2) is 29.9 Å². The first-order valence-corrected chi connectivity index (χ1v) is 16.5. The number of nitrogens with zero attached hydrogens (tertiary/aromatic N) is 11. The van der Waals surface area contributed by atoms with E-state index in [0.29, 0.717) is 46.8 Å². The number of nitrogen functional groups attached to an aromatic ring is 2. The Balaban J connectivity index is 0.000000135. The first-order chi connectivity index (χ1) is 23.8. The second-order valence-electron chi connectivity index (χ2n) is 14.8. The number of imidazole rings is 2. The lowest BCUT2D eigenvalue weighted by atomic mass is 9.72. The Labute approximate surface area is 284 Å². The van der Waals surface area contributed by atoms with Gasteiger partial charge in [0.1, 0.15) is 59.3 Å². The maximum atomic E-state index is 8.67. The predicted octanol–water partition coefficient (Wildman–Crippen LogP) is 1.99. The van der Waals surface area contributed by atoms with Gasteiger partial charge < -0.3 is 45.6 Å². The highest BCUT2D eigenvalue weighted by atomic mass is 16.8. The molecule has 0 radical (unpaired) electrons. The third kappa shape index (κ3) is 4.67. The van der Waals surface area contributed by atoms with E-state index in [-0.39, 0.29) is 42.7 Å². The van der Waals surface area contributed by atoms with Gasteiger partial charge in [0.05, 0.1) is 12.7 Å². The molecule has 2 aliphatic carbocycles. The predicted molar refractivity (Wildman–Crippen MR) is 172 cm³/mol. The Kier molecular flexibility index (Phi) is 6.73. The van der Waals surface area contributed by atoms with Gasteiger partial charge >= 0.3 is 0 Å². The number of anilines is 2. The number of hydrogen-bond donors (Lipinski definition) is 3. The summed E-state index contributed by atoms with van der Waals surface area (Å²) in [5.74, 6) is -0.723. The molecular weight excluding hydrogens is 652 g/mol. The quantitative estimate of drug-likeness (QED) is 0.157. The van der Waals surface area contributed by atoms with Gasteiger partial charge in [-0.15, -0.1) is 0 Å². The molecule has 8 heterocycles. The standard InChI is InChI=1S/C15H18N8O3.C15H20N6O3/c1-14(2)24-9-10(25-14)15(3-7(4-15)21-22-17)26-13(9)23-6-20-8-11(16)18-5-19-12(8)23;1-14(2)22-9-10(23-14)15(3-7(16)4-15)24-13(9)21-6-20-8-11(17)18-5-19-12(8)21/h5-7,9-10,13H,3-4H2,1-2H3,(H2,16,18,19);5-7,9-10,13H,3-4,16H2,1-2H3,(H2,17,18,19)/t2*7?,9-,10+,13-,15?/m11/s1. The summed E-state index contributed by atoms with van der Waals surface area (Å²) in [6.07, 6.45) is 6.99. The molecule has 6 aliphatic rings. The van der Waals surface area contributed by atoms with Crippen molar-refractivity contribution in [3.05, 3.63) is 35.8 Å². The molecule has 264 valence electrons. The maximum absolute atomic E-state index is 8.67. The van der Waals surface area contributed by atoms with Gasteiger partial charge in [0.25, 0.3) is 0 Å². The summed E-state index contributed by atoms with van der Waals surface area (Å²) in [6.45, 7) is 7.60. The molecule has 0 bridgehead atoms. The monoisotopic (exact) mass is 690 g/mol. The zero-order valence-electron chi connectivity index (χ0n) is 27.9. The molecule has 4 aromatic heterocycles. The molecule has 6 fully saturated rings. The molecule has 2 saturated carbocycles. The summed E-state index contributed by atoms with van der Waals surface area (Å²) in [5, 5.41) is 3.80. The Morgan fingerprint density at radius 2 is 1.16 bits per heavy atom. The highest BCUT2D eigenvalue weighted by Crippen LogP contribution is 2.57. The van der Waals surface area contributed by atoms with Crippen LogP contribution in [0.4, 0.5) is 11.6 Å². The molecule has 0 unspecified atom stereocenters. The molecule has 20 heteroatoms. The first-order valence-electron chi connectivity index (χ1n) is 16.5. The average molecular weight is 691 g/mol. The highest BCUT2D eigenvalue weighted by molar-refractivity contribution is 5.81. The molecule has 20 nitrogen and oxygen atoms in total. The number of hydrogen-bond acceptors (Lipinski definition) is 16. The van der Waals surface area contributed by atoms with Gasteiger partial charge in [-0.1, -0.05) is 5.11 Å². The minimum absolute atomic E-state index is 0.0933. The number of nitrogens with two attached hydrogens (primary N) is 3. The van der Waals surface area contributed by atoms with Gasteiger partial charge in [-0.05, 0) is 58.9 Å². The first kappa shape index (κ1) is 31.7. The lowest BCUT2D eigenvalue weighted by Gasteiger charge is -2.45. The number of azide groups is 1. The van der Waals surface area contributed by atoms with Crippen LogP contribution in [0.1, 0.15) is 65.8 Å². The molecule has 4 aliphatic heterocycles. The summed E-state index contributed by atoms with van der Waals surface area (Å²) in [7, 11) is 0. The van der Waals surface area contributed by atoms with Crippen LogP contribution in [0.15, 0.2) is 30.4 Å². The van der Waals surface area contributed by atoms with Crippen molar-refractivity contribution >= 4 is 34.0 Å². The number of rotatable bonds is 3. The van der Waals surface area contributed by atoms with E-state index in [1.807, 2.05) is 36.8 Å². The minimum Gasteiger partial charge on any atom is -0.382 e. The molecule has 2 spiro atoms. The van der Waals surface area contributed by atoms with Crippen LogP contribution in [0.2, 0.25) is 0 Å². The smallest absolute Gasteiger partial charge is 0.167 e. The number of aromatic nitrogens is 8. The van der Waals surface area contributed by atoms with E-state index >= 15 is 0 Å². The summed E-state index contributed by atoms with van der Waals surface area (Å²) in [6, 6.07) is 0.0402. The summed E-state index contributed by atoms with van der Waals surface area (Å²) < 4.78 is 41.0. The lowest BCUT2D eigenvalue weighted by Crippen LogP contribution is -2.58. The van der Waals surface area contributed by atoms with Crippen LogP contribution in [0, 0.1) is 0 Å². The van der Waals surface area contributed by atoms with Crippen molar-refractivity contribution in [2.45, 2.75) is 125 Å². The third-order valence-corrected chi connectivity index (χ3v) is 10.5. The molecule has 6 N–H and O–H groups in total. The van der Waals surface area contributed by atoms with Crippen LogP contribution in [-0.4, -0.2) is 98.3 Å². The summed E-state index contributed by atoms with van der Waals surface area (Å²) >= 11 is 0. The van der Waals surface area contributed by atoms with Crippen LogP contribution < -0.4 is 17.2 Å². The van der Waals surface area contributed by atoms with Crippen LogP contribution in [0.3, 0.4) is 0 Å². The second kappa shape index (κ2) is 10.6. The minimum atomic E-state index is -0.724. The fraction of sp³-hybridized carbons (Fsp3) is 0.667. The normalized spacial score (nSPS) is 38.7. The van der Waals surface area contributed by atoms with Crippen molar-refractivity contribution in [2.24, 2.45) is 10.8 Å². The fourth-order valence-electron chi connectivity index (χ4n) is 8.48. The van der Waals surface area contributed by atoms with E-state index in [9.17, 15) is 0 Å². The van der Waals surface area contributed by atoms with Crippen molar-refractivity contribution < 1.29 is 28.4 Å². The molecular formula is C30H38N14O6. The average Bonchev–Trinajstić information content (AvgIpc) is 3.85. The van der Waals surface area contributed by atoms with Crippen molar-refractivity contribution in [1.29, 1.82) is 0 Å². The lowest BCUT2D eigenvalue weighted by molar-refractivity contribution is -0.238. The highest BCUT2D eigenvalue weighted by Gasteiger charge is 2.68. The van der Waals surface area contributed by atoms with Gasteiger partial charge in [0, 0.05) is 17.0 Å². The molecule has 4 saturated heterocycles. The topological polar surface area (TPSA) is 269 Å². The van der Waals surface area contributed by atoms with Crippen molar-refractivity contribution in [1.82, 2.24) is 39.0 Å². The zero-order chi connectivity index (χ0) is 34.8. The van der Waals surface area contributed by atoms with E-state index in [0.717, 1.165) is 12.8 Å². The Morgan fingerprint density at radius 1 is 0.700 bits per heavy atom. The Hall–Kier alpha value is -4.27. The van der Waals surface area contributed by atoms with Crippen molar-refractivity contribution in [2.75, 3.05) is 11.5 Å². The SMILES string of the molecule is CC1(C)O[C@H]2[C@H](n3cnc4c(N)ncnc43)OC3(CC(N)C3)[C@H]2O1.CC1(C)O[C@H]2[C@H](n3cnc4c(N)ncnc43)OC3(CC(N=[N+]=[N-])C3)[C@H]2O1. The second-order valence-corrected chi connectivity index (χ2v) is 14.8. The van der Waals surface area contributed by atoms with E-state index in [1.165, 1.54) is 12.7 Å². The summed E-state index contributed by atoms with van der Waals surface area (Å²) in [5.41, 5.74) is 27.8. The molecule has 6 atom stereocenters. The van der Waals surface area contributed by atoms with Crippen molar-refractivity contribution in [3.63, 3.8) is 0 Å². The van der Waals surface area contributed by atoms with Crippen LogP contribution in [0.5, 0.6) is 0 Å². The molecule has 0 amide bonds. The van der Waals surface area contributed by atoms with Gasteiger partial charge in [-0.3, -0.25) is 9.13 Å². The van der Waals surface area contributed by atoms with E-state index < -0.39 is 29.0 Å². The van der Waals surface area contributed by atoms with Gasteiger partial charge in [-0.2, -0.15) is 0 Å². The van der Waals surface area contributed by atoms with E-state index in [1.54, 1.807) is 12.7 Å². The molecule has 10 rings (SSSR count). The fourth-order valence-corrected chi connectivity index (χ4v) is 8.48. The Morgan fingerprint density at radius 3 is 1.60 bits per heavy atom. The molecule has 50 heavy (non-hydrogen) atoms. The van der Waals surface area contributed by atoms with E-state index in [2.05, 4.69) is 39.9 Å². The number of fused-ring (bicyclic) bond motifs is 6. The van der Waals surface area contributed by atoms with Crippen LogP contribution >= 0.6 is 0 Å². The largest absolute Gasteiger partial charge is 0.382 e. The third-order valence-electron chi connectivity index (χ3n) is 10.5. The van der Waals surface area contributed by atoms with Gasteiger partial charge in [0.15, 0.2) is 47.0 Å². The van der Waals surface area contributed by atoms with Gasteiger partial charge in [0.2, 0.25) is 0 Å². The van der Waals surface area contributed by atoms with Crippen LogP contribution in [-0.2, 0) is 28.4 Å². The Bertz CT molecular complexity index is 2030. The van der Waals surface area contributed by atoms with Crippen molar-refractivity contribution in [3.8, 4) is 0 Å². The molecule has 0 aromatic carbocycles.